The number of aliphatic hydroxyl groups is 1. The summed E-state index contributed by atoms with van der Waals surface area (Å²) in [6.45, 7) is 0. The molecule has 0 aliphatic heterocycles. The summed E-state index contributed by atoms with van der Waals surface area (Å²) in [5, 5.41) is 13.7. The summed E-state index contributed by atoms with van der Waals surface area (Å²) in [6.07, 6.45) is -7.82. The van der Waals surface area contributed by atoms with Gasteiger partial charge in [-0.05, 0) is 25.0 Å². The van der Waals surface area contributed by atoms with Gasteiger partial charge in [-0.1, -0.05) is 17.7 Å². The maximum atomic E-state index is 14.2. The highest BCUT2D eigenvalue weighted by atomic mass is 35.5. The first-order chi connectivity index (χ1) is 14.3. The number of alkyl halides is 6. The number of fused-ring (bicyclic) bond motifs is 1. The molecule has 0 amide bonds. The zero-order valence-corrected chi connectivity index (χ0v) is 16.3. The van der Waals surface area contributed by atoms with E-state index in [0.717, 1.165) is 13.4 Å². The van der Waals surface area contributed by atoms with Crippen molar-refractivity contribution in [3.63, 3.8) is 0 Å². The number of hydrogen-bond acceptors (Lipinski definition) is 4. The fourth-order valence-electron chi connectivity index (χ4n) is 3.50. The van der Waals surface area contributed by atoms with Crippen LogP contribution in [0.2, 0.25) is 5.02 Å². The number of hydrogen-bond donors (Lipinski definition) is 1. The van der Waals surface area contributed by atoms with E-state index >= 15 is 0 Å². The maximum absolute atomic E-state index is 14.2. The average molecular weight is 467 g/mol. The van der Waals surface area contributed by atoms with Crippen molar-refractivity contribution in [2.75, 3.05) is 0 Å². The molecule has 1 aliphatic rings. The molecule has 0 unspecified atom stereocenters. The van der Waals surface area contributed by atoms with Crippen LogP contribution in [-0.2, 0) is 18.8 Å². The van der Waals surface area contributed by atoms with Crippen molar-refractivity contribution in [3.05, 3.63) is 56.7 Å². The van der Waals surface area contributed by atoms with Crippen LogP contribution in [0.5, 0.6) is 0 Å². The summed E-state index contributed by atoms with van der Waals surface area (Å²) < 4.78 is 83.4. The first-order valence-electron chi connectivity index (χ1n) is 8.87. The van der Waals surface area contributed by atoms with Gasteiger partial charge < -0.3 is 5.11 Å². The molecule has 1 fully saturated rings. The van der Waals surface area contributed by atoms with Gasteiger partial charge in [-0.15, -0.1) is 0 Å². The Bertz CT molecular complexity index is 1240. The van der Waals surface area contributed by atoms with Gasteiger partial charge in [0.15, 0.2) is 5.52 Å². The Hall–Kier alpha value is -2.60. The minimum Gasteiger partial charge on any atom is -0.371 e. The van der Waals surface area contributed by atoms with Crippen molar-refractivity contribution in [3.8, 4) is 0 Å². The second-order valence-corrected chi connectivity index (χ2v) is 7.67. The first kappa shape index (κ1) is 21.6. The Morgan fingerprint density at radius 3 is 2.29 bits per heavy atom. The van der Waals surface area contributed by atoms with Crippen molar-refractivity contribution in [1.29, 1.82) is 0 Å². The quantitative estimate of drug-likeness (QED) is 0.594. The Kier molecular flexibility index (Phi) is 4.67. The third-order valence-corrected chi connectivity index (χ3v) is 5.47. The predicted octanol–water partition coefficient (Wildman–Crippen LogP) is 3.94. The van der Waals surface area contributed by atoms with Crippen LogP contribution in [0, 0.1) is 0 Å². The molecule has 4 rings (SSSR count). The van der Waals surface area contributed by atoms with E-state index in [0.29, 0.717) is 35.7 Å². The summed E-state index contributed by atoms with van der Waals surface area (Å²) >= 11 is 5.59. The summed E-state index contributed by atoms with van der Waals surface area (Å²) in [6, 6.07) is 1.10. The van der Waals surface area contributed by atoms with Crippen LogP contribution in [-0.4, -0.2) is 30.6 Å². The molecule has 2 aromatic heterocycles. The van der Waals surface area contributed by atoms with Gasteiger partial charge in [0.2, 0.25) is 5.60 Å². The molecule has 0 bridgehead atoms. The highest BCUT2D eigenvalue weighted by Gasteiger charge is 2.59. The van der Waals surface area contributed by atoms with Crippen LogP contribution < -0.4 is 5.56 Å². The molecule has 1 atom stereocenters. The largest absolute Gasteiger partial charge is 0.427 e. The topological polar surface area (TPSA) is 72.9 Å². The van der Waals surface area contributed by atoms with Gasteiger partial charge in [0.25, 0.3) is 5.56 Å². The molecule has 0 saturated heterocycles. The third kappa shape index (κ3) is 3.28. The molecule has 2 heterocycles. The van der Waals surface area contributed by atoms with Crippen molar-refractivity contribution in [2.45, 2.75) is 36.8 Å². The van der Waals surface area contributed by atoms with Gasteiger partial charge in [0, 0.05) is 18.7 Å². The van der Waals surface area contributed by atoms with Crippen molar-refractivity contribution in [2.24, 2.45) is 7.05 Å². The monoisotopic (exact) mass is 466 g/mol. The summed E-state index contributed by atoms with van der Waals surface area (Å²) in [7, 11) is 1.07. The predicted molar refractivity (Wildman–Crippen MR) is 96.5 cm³/mol. The number of aromatic nitrogens is 4. The summed E-state index contributed by atoms with van der Waals surface area (Å²) in [5.74, 6) is 0. The van der Waals surface area contributed by atoms with E-state index in [9.17, 15) is 36.2 Å². The molecule has 3 aromatic rings. The molecule has 13 heteroatoms. The van der Waals surface area contributed by atoms with Gasteiger partial charge in [-0.3, -0.25) is 14.0 Å². The van der Waals surface area contributed by atoms with Crippen LogP contribution in [0.3, 0.4) is 0 Å². The number of halogens is 7. The fraction of sp³-hybridized carbons (Fsp3) is 0.389. The molecule has 1 aromatic carbocycles. The van der Waals surface area contributed by atoms with Gasteiger partial charge in [0.05, 0.1) is 16.9 Å². The van der Waals surface area contributed by atoms with Crippen molar-refractivity contribution < 1.29 is 31.4 Å². The molecular weight excluding hydrogens is 454 g/mol. The lowest BCUT2D eigenvalue weighted by molar-refractivity contribution is -0.250. The number of nitrogens with zero attached hydrogens (tertiary/aromatic N) is 4. The average Bonchev–Trinajstić information content (AvgIpc) is 3.41. The number of aryl methyl sites for hydroxylation is 1. The molecule has 1 aliphatic carbocycles. The first-order valence-corrected chi connectivity index (χ1v) is 9.25. The Labute approximate surface area is 174 Å². The van der Waals surface area contributed by atoms with E-state index in [1.807, 2.05) is 0 Å². The lowest BCUT2D eigenvalue weighted by Crippen LogP contribution is -2.45. The molecule has 166 valence electrons. The standard InChI is InChI=1S/C18H13ClF6N4O2/c1-28-14(12-13(27-28)15(30)29(7-26-12)9-3-4-9)16(31,18(23,24)25)8-2-5-10(11(19)6-8)17(20,21)22/h2,5-7,9,31H,3-4H2,1H3/t16-/m0/s1. The zero-order chi connectivity index (χ0) is 22.9. The van der Waals surface area contributed by atoms with Gasteiger partial charge >= 0.3 is 12.4 Å². The van der Waals surface area contributed by atoms with Crippen LogP contribution in [0.1, 0.15) is 35.7 Å². The van der Waals surface area contributed by atoms with E-state index in [1.54, 1.807) is 0 Å². The highest BCUT2D eigenvalue weighted by Crippen LogP contribution is 2.47. The lowest BCUT2D eigenvalue weighted by Gasteiger charge is -2.31. The third-order valence-electron chi connectivity index (χ3n) is 5.16. The Morgan fingerprint density at radius 2 is 1.77 bits per heavy atom. The molecule has 1 N–H and O–H groups in total. The van der Waals surface area contributed by atoms with Gasteiger partial charge in [0.1, 0.15) is 11.2 Å². The molecule has 0 spiro atoms. The SMILES string of the molecule is Cn1nc2c(=O)n(C3CC3)cnc2c1[C@@](O)(c1ccc(C(F)(F)F)c(Cl)c1)C(F)(F)F. The van der Waals surface area contributed by atoms with Gasteiger partial charge in [-0.2, -0.15) is 31.4 Å². The van der Waals surface area contributed by atoms with E-state index in [1.165, 1.54) is 4.57 Å². The lowest BCUT2D eigenvalue weighted by atomic mass is 9.88. The highest BCUT2D eigenvalue weighted by molar-refractivity contribution is 6.31. The van der Waals surface area contributed by atoms with Crippen LogP contribution in [0.15, 0.2) is 29.3 Å². The number of benzene rings is 1. The molecular formula is C18H13ClF6N4O2. The van der Waals surface area contributed by atoms with Crippen molar-refractivity contribution >= 4 is 22.6 Å². The number of rotatable bonds is 3. The molecule has 31 heavy (non-hydrogen) atoms. The normalized spacial score (nSPS) is 17.2. The fourth-order valence-corrected chi connectivity index (χ4v) is 3.78. The summed E-state index contributed by atoms with van der Waals surface area (Å²) in [4.78, 5) is 16.6. The molecule has 1 saturated carbocycles. The minimum atomic E-state index is -5.41. The minimum absolute atomic E-state index is 0.120. The van der Waals surface area contributed by atoms with E-state index in [-0.39, 0.29) is 6.04 Å². The van der Waals surface area contributed by atoms with E-state index in [4.69, 9.17) is 11.6 Å². The maximum Gasteiger partial charge on any atom is 0.427 e. The van der Waals surface area contributed by atoms with E-state index in [2.05, 4.69) is 10.1 Å². The second-order valence-electron chi connectivity index (χ2n) is 7.26. The summed E-state index contributed by atoms with van der Waals surface area (Å²) in [5.41, 5.74) is -8.67. The zero-order valence-electron chi connectivity index (χ0n) is 15.6. The second kappa shape index (κ2) is 6.70. The van der Waals surface area contributed by atoms with Crippen molar-refractivity contribution in [1.82, 2.24) is 19.3 Å². The van der Waals surface area contributed by atoms with Crippen LogP contribution in [0.4, 0.5) is 26.3 Å². The molecule has 6 nitrogen and oxygen atoms in total. The van der Waals surface area contributed by atoms with Crippen LogP contribution >= 0.6 is 11.6 Å². The van der Waals surface area contributed by atoms with Crippen LogP contribution in [0.25, 0.3) is 11.0 Å². The van der Waals surface area contributed by atoms with E-state index < -0.39 is 56.4 Å². The molecule has 0 radical (unpaired) electrons. The Balaban J connectivity index is 1.99. The smallest absolute Gasteiger partial charge is 0.371 e. The van der Waals surface area contributed by atoms with Gasteiger partial charge in [-0.25, -0.2) is 4.98 Å². The Morgan fingerprint density at radius 1 is 1.13 bits per heavy atom.